The number of amides is 2. The first-order valence-corrected chi connectivity index (χ1v) is 11.1. The van der Waals surface area contributed by atoms with Gasteiger partial charge in [-0.25, -0.2) is 9.78 Å². The highest BCUT2D eigenvalue weighted by Crippen LogP contribution is 2.21. The molecule has 3 rings (SSSR count). The lowest BCUT2D eigenvalue weighted by Gasteiger charge is -2.34. The molecule has 1 N–H and O–H groups in total. The molecule has 0 saturated heterocycles. The largest absolute Gasteiger partial charge is 0.480 e. The van der Waals surface area contributed by atoms with Crippen LogP contribution in [0.25, 0.3) is 0 Å². The highest BCUT2D eigenvalue weighted by atomic mass is 16.4. The summed E-state index contributed by atoms with van der Waals surface area (Å²) in [5.74, 6) is -1.78. The highest BCUT2D eigenvalue weighted by molar-refractivity contribution is 6.04. The van der Waals surface area contributed by atoms with E-state index in [1.165, 1.54) is 18.0 Å². The van der Waals surface area contributed by atoms with Gasteiger partial charge in [0.15, 0.2) is 0 Å². The first-order valence-electron chi connectivity index (χ1n) is 11.1. The minimum absolute atomic E-state index is 0.215. The number of carbonyl (C=O) groups excluding carboxylic acids is 2. The van der Waals surface area contributed by atoms with E-state index in [1.54, 1.807) is 37.4 Å². The molecule has 2 amide bonds. The predicted octanol–water partition coefficient (Wildman–Crippen LogP) is 3.89. The van der Waals surface area contributed by atoms with Crippen molar-refractivity contribution in [3.05, 3.63) is 95.2 Å². The van der Waals surface area contributed by atoms with Crippen molar-refractivity contribution >= 4 is 23.6 Å². The van der Waals surface area contributed by atoms with Crippen molar-refractivity contribution in [2.75, 3.05) is 11.9 Å². The van der Waals surface area contributed by atoms with Crippen LogP contribution in [-0.2, 0) is 16.0 Å². The second kappa shape index (κ2) is 10.7. The maximum absolute atomic E-state index is 13.9. The zero-order chi connectivity index (χ0) is 24.8. The number of anilines is 1. The Morgan fingerprint density at radius 3 is 2.12 bits per heavy atom. The molecular formula is C27H29N3O4. The number of pyridine rings is 1. The van der Waals surface area contributed by atoms with Crippen LogP contribution >= 0.6 is 0 Å². The molecule has 0 aliphatic heterocycles. The van der Waals surface area contributed by atoms with Gasteiger partial charge in [0.05, 0.1) is 0 Å². The first kappa shape index (κ1) is 24.6. The SMILES string of the molecule is Cc1cc(C)cc(C(=O)N(C)[C@@H](Cc2ccccc2)C(=O)N(c2ccccn2)[C@@H](C)C(=O)O)c1. The van der Waals surface area contributed by atoms with E-state index < -0.39 is 24.0 Å². The smallest absolute Gasteiger partial charge is 0.326 e. The number of aryl methyl sites for hydroxylation is 2. The molecule has 7 nitrogen and oxygen atoms in total. The van der Waals surface area contributed by atoms with Crippen molar-refractivity contribution in [3.63, 3.8) is 0 Å². The second-order valence-electron chi connectivity index (χ2n) is 8.41. The Hall–Kier alpha value is -4.00. The van der Waals surface area contributed by atoms with Crippen molar-refractivity contribution in [2.24, 2.45) is 0 Å². The maximum Gasteiger partial charge on any atom is 0.326 e. The number of hydrogen-bond donors (Lipinski definition) is 1. The summed E-state index contributed by atoms with van der Waals surface area (Å²) in [5, 5.41) is 9.72. The van der Waals surface area contributed by atoms with Gasteiger partial charge in [0.25, 0.3) is 11.8 Å². The molecule has 176 valence electrons. The minimum Gasteiger partial charge on any atom is -0.480 e. The zero-order valence-electron chi connectivity index (χ0n) is 19.8. The average molecular weight is 460 g/mol. The Balaban J connectivity index is 2.05. The second-order valence-corrected chi connectivity index (χ2v) is 8.41. The molecule has 3 aromatic rings. The van der Waals surface area contributed by atoms with E-state index in [9.17, 15) is 19.5 Å². The molecule has 0 fully saturated rings. The van der Waals surface area contributed by atoms with Gasteiger partial charge in [0.1, 0.15) is 17.9 Å². The van der Waals surface area contributed by atoms with Gasteiger partial charge in [-0.3, -0.25) is 14.5 Å². The van der Waals surface area contributed by atoms with Crippen molar-refractivity contribution in [2.45, 2.75) is 39.3 Å². The third-order valence-electron chi connectivity index (χ3n) is 5.69. The highest BCUT2D eigenvalue weighted by Gasteiger charge is 2.37. The normalized spacial score (nSPS) is 12.5. The van der Waals surface area contributed by atoms with Gasteiger partial charge >= 0.3 is 5.97 Å². The summed E-state index contributed by atoms with van der Waals surface area (Å²) < 4.78 is 0. The van der Waals surface area contributed by atoms with E-state index >= 15 is 0 Å². The number of aromatic nitrogens is 1. The summed E-state index contributed by atoms with van der Waals surface area (Å²) >= 11 is 0. The molecule has 34 heavy (non-hydrogen) atoms. The third kappa shape index (κ3) is 5.67. The van der Waals surface area contributed by atoms with Crippen LogP contribution in [0.15, 0.2) is 72.9 Å². The molecule has 0 bridgehead atoms. The van der Waals surface area contributed by atoms with Gasteiger partial charge in [0.2, 0.25) is 0 Å². The zero-order valence-corrected chi connectivity index (χ0v) is 19.8. The third-order valence-corrected chi connectivity index (χ3v) is 5.69. The molecular weight excluding hydrogens is 430 g/mol. The monoisotopic (exact) mass is 459 g/mol. The van der Waals surface area contributed by atoms with Crippen molar-refractivity contribution in [3.8, 4) is 0 Å². The lowest BCUT2D eigenvalue weighted by molar-refractivity contribution is -0.140. The van der Waals surface area contributed by atoms with Gasteiger partial charge in [-0.2, -0.15) is 0 Å². The molecule has 1 heterocycles. The Kier molecular flexibility index (Phi) is 7.79. The van der Waals surface area contributed by atoms with Gasteiger partial charge in [-0.15, -0.1) is 0 Å². The lowest BCUT2D eigenvalue weighted by Crippen LogP contribution is -2.55. The number of nitrogens with zero attached hydrogens (tertiary/aromatic N) is 3. The van der Waals surface area contributed by atoms with Crippen LogP contribution in [0.5, 0.6) is 0 Å². The quantitative estimate of drug-likeness (QED) is 0.552. The fourth-order valence-electron chi connectivity index (χ4n) is 3.94. The molecule has 0 radical (unpaired) electrons. The van der Waals surface area contributed by atoms with E-state index in [2.05, 4.69) is 4.98 Å². The van der Waals surface area contributed by atoms with Crippen LogP contribution in [0.3, 0.4) is 0 Å². The van der Waals surface area contributed by atoms with Crippen LogP contribution in [0.1, 0.15) is 34.0 Å². The number of likely N-dealkylation sites (N-methyl/N-ethyl adjacent to an activating group) is 1. The summed E-state index contributed by atoms with van der Waals surface area (Å²) in [6, 6.07) is 17.7. The summed E-state index contributed by atoms with van der Waals surface area (Å²) in [6.45, 7) is 5.25. The van der Waals surface area contributed by atoms with Crippen LogP contribution in [0.4, 0.5) is 5.82 Å². The predicted molar refractivity (Wildman–Crippen MR) is 131 cm³/mol. The Bertz CT molecular complexity index is 1140. The fourth-order valence-corrected chi connectivity index (χ4v) is 3.94. The van der Waals surface area contributed by atoms with Gasteiger partial charge in [-0.1, -0.05) is 53.6 Å². The first-order chi connectivity index (χ1) is 16.2. The van der Waals surface area contributed by atoms with Crippen molar-refractivity contribution < 1.29 is 19.5 Å². The van der Waals surface area contributed by atoms with Gasteiger partial charge in [-0.05, 0) is 50.6 Å². The molecule has 0 aliphatic rings. The fraction of sp³-hybridized carbons (Fsp3) is 0.259. The van der Waals surface area contributed by atoms with E-state index in [0.717, 1.165) is 21.6 Å². The molecule has 0 saturated carbocycles. The number of carbonyl (C=O) groups is 3. The Morgan fingerprint density at radius 2 is 1.56 bits per heavy atom. The number of rotatable bonds is 8. The summed E-state index contributed by atoms with van der Waals surface area (Å²) in [7, 11) is 1.58. The topological polar surface area (TPSA) is 90.8 Å². The number of carboxylic acids is 1. The number of aliphatic carboxylic acids is 1. The Morgan fingerprint density at radius 1 is 0.941 bits per heavy atom. The van der Waals surface area contributed by atoms with Crippen LogP contribution in [0, 0.1) is 13.8 Å². The number of benzene rings is 2. The molecule has 2 atom stereocenters. The average Bonchev–Trinajstić information content (AvgIpc) is 2.82. The lowest BCUT2D eigenvalue weighted by atomic mass is 10.0. The number of carboxylic acid groups (broad SMARTS) is 1. The molecule has 1 aromatic heterocycles. The van der Waals surface area contributed by atoms with Gasteiger partial charge in [0, 0.05) is 25.2 Å². The standard InChI is InChI=1S/C27H29N3O4/c1-18-14-19(2)16-22(15-18)25(31)29(4)23(17-21-10-6-5-7-11-21)26(32)30(20(3)27(33)34)24-12-8-9-13-28-24/h5-16,20,23H,17H2,1-4H3,(H,33,34)/t20-,23-/m0/s1. The van der Waals surface area contributed by atoms with Crippen LogP contribution in [0.2, 0.25) is 0 Å². The number of hydrogen-bond acceptors (Lipinski definition) is 4. The van der Waals surface area contributed by atoms with E-state index in [4.69, 9.17) is 0 Å². The maximum atomic E-state index is 13.9. The van der Waals surface area contributed by atoms with Crippen molar-refractivity contribution in [1.29, 1.82) is 0 Å². The van der Waals surface area contributed by atoms with Crippen molar-refractivity contribution in [1.82, 2.24) is 9.88 Å². The van der Waals surface area contributed by atoms with Gasteiger partial charge < -0.3 is 10.0 Å². The molecule has 0 aliphatic carbocycles. The van der Waals surface area contributed by atoms with Crippen LogP contribution in [-0.4, -0.2) is 51.9 Å². The van der Waals surface area contributed by atoms with E-state index in [0.29, 0.717) is 5.56 Å². The Labute approximate surface area is 199 Å². The molecule has 2 aromatic carbocycles. The van der Waals surface area contributed by atoms with E-state index in [1.807, 2.05) is 50.2 Å². The summed E-state index contributed by atoms with van der Waals surface area (Å²) in [4.78, 5) is 46.1. The minimum atomic E-state index is -1.18. The van der Waals surface area contributed by atoms with E-state index in [-0.39, 0.29) is 18.1 Å². The molecule has 7 heteroatoms. The summed E-state index contributed by atoms with van der Waals surface area (Å²) in [6.07, 6.45) is 1.73. The molecule has 0 unspecified atom stereocenters. The molecule has 0 spiro atoms. The van der Waals surface area contributed by atoms with Crippen LogP contribution < -0.4 is 4.90 Å². The summed E-state index contributed by atoms with van der Waals surface area (Å²) in [5.41, 5.74) is 3.21.